The molecule has 0 fully saturated rings. The first-order valence-corrected chi connectivity index (χ1v) is 5.63. The van der Waals surface area contributed by atoms with Crippen LogP contribution in [0.15, 0.2) is 42.5 Å². The topological polar surface area (TPSA) is 55.1 Å². The highest BCUT2D eigenvalue weighted by molar-refractivity contribution is 5.94. The first-order chi connectivity index (χ1) is 9.04. The van der Waals surface area contributed by atoms with E-state index in [2.05, 4.69) is 5.32 Å². The number of anilines is 1. The highest BCUT2D eigenvalue weighted by Gasteiger charge is 2.07. The Labute approximate surface area is 109 Å². The number of amides is 1. The van der Waals surface area contributed by atoms with E-state index in [0.717, 1.165) is 17.7 Å². The molecule has 1 amide bonds. The van der Waals surface area contributed by atoms with Crippen molar-refractivity contribution < 1.29 is 13.6 Å². The van der Waals surface area contributed by atoms with Crippen LogP contribution in [0.3, 0.4) is 0 Å². The molecule has 2 aromatic carbocycles. The molecule has 3 N–H and O–H groups in total. The molecule has 0 aromatic heterocycles. The van der Waals surface area contributed by atoms with E-state index in [1.165, 1.54) is 18.2 Å². The predicted molar refractivity (Wildman–Crippen MR) is 68.4 cm³/mol. The lowest BCUT2D eigenvalue weighted by Gasteiger charge is -2.06. The summed E-state index contributed by atoms with van der Waals surface area (Å²) in [5.41, 5.74) is 6.55. The molecule has 0 heterocycles. The Morgan fingerprint density at radius 3 is 2.37 bits per heavy atom. The molecular weight excluding hydrogens is 250 g/mol. The van der Waals surface area contributed by atoms with Crippen molar-refractivity contribution in [1.29, 1.82) is 0 Å². The summed E-state index contributed by atoms with van der Waals surface area (Å²) in [4.78, 5) is 11.8. The zero-order valence-corrected chi connectivity index (χ0v) is 9.99. The largest absolute Gasteiger partial charge is 0.399 e. The third-order valence-corrected chi connectivity index (χ3v) is 2.55. The van der Waals surface area contributed by atoms with E-state index in [1.54, 1.807) is 12.1 Å². The number of halogens is 2. The second-order valence-electron chi connectivity index (χ2n) is 4.08. The van der Waals surface area contributed by atoms with Gasteiger partial charge in [-0.05, 0) is 35.9 Å². The van der Waals surface area contributed by atoms with E-state index in [9.17, 15) is 13.6 Å². The molecule has 0 aliphatic heterocycles. The van der Waals surface area contributed by atoms with Gasteiger partial charge < -0.3 is 11.1 Å². The van der Waals surface area contributed by atoms with Crippen LogP contribution in [0.25, 0.3) is 0 Å². The maximum absolute atomic E-state index is 13.1. The molecule has 3 nitrogen and oxygen atoms in total. The maximum atomic E-state index is 13.1. The van der Waals surface area contributed by atoms with Crippen LogP contribution in [0.1, 0.15) is 15.9 Å². The second-order valence-corrected chi connectivity index (χ2v) is 4.08. The molecule has 0 saturated heterocycles. The fourth-order valence-corrected chi connectivity index (χ4v) is 1.63. The van der Waals surface area contributed by atoms with E-state index >= 15 is 0 Å². The minimum absolute atomic E-state index is 0.152. The van der Waals surface area contributed by atoms with Gasteiger partial charge in [-0.15, -0.1) is 0 Å². The average Bonchev–Trinajstić information content (AvgIpc) is 2.36. The van der Waals surface area contributed by atoms with E-state index in [4.69, 9.17) is 5.73 Å². The van der Waals surface area contributed by atoms with Gasteiger partial charge in [-0.3, -0.25) is 4.79 Å². The second kappa shape index (κ2) is 5.48. The molecule has 0 saturated carbocycles. The molecule has 0 bridgehead atoms. The van der Waals surface area contributed by atoms with Crippen LogP contribution in [0, 0.1) is 11.6 Å². The van der Waals surface area contributed by atoms with Crippen molar-refractivity contribution in [3.63, 3.8) is 0 Å². The number of carbonyl (C=O) groups is 1. The van der Waals surface area contributed by atoms with E-state index in [1.807, 2.05) is 0 Å². The van der Waals surface area contributed by atoms with Crippen LogP contribution < -0.4 is 11.1 Å². The fraction of sp³-hybridized carbons (Fsp3) is 0.0714. The van der Waals surface area contributed by atoms with Gasteiger partial charge in [0.2, 0.25) is 0 Å². The van der Waals surface area contributed by atoms with Gasteiger partial charge in [0.25, 0.3) is 5.91 Å². The van der Waals surface area contributed by atoms with E-state index in [0.29, 0.717) is 0 Å². The molecule has 2 rings (SSSR count). The van der Waals surface area contributed by atoms with Crippen LogP contribution >= 0.6 is 0 Å². The van der Waals surface area contributed by atoms with Crippen molar-refractivity contribution in [3.8, 4) is 0 Å². The van der Waals surface area contributed by atoms with Crippen molar-refractivity contribution in [3.05, 3.63) is 65.2 Å². The molecule has 2 aromatic rings. The van der Waals surface area contributed by atoms with E-state index in [-0.39, 0.29) is 23.6 Å². The summed E-state index contributed by atoms with van der Waals surface area (Å²) in [6, 6.07) is 9.38. The number of nitrogens with one attached hydrogen (secondary N) is 1. The maximum Gasteiger partial charge on any atom is 0.251 e. The van der Waals surface area contributed by atoms with Crippen LogP contribution in [0.5, 0.6) is 0 Å². The molecule has 98 valence electrons. The van der Waals surface area contributed by atoms with Gasteiger partial charge in [-0.2, -0.15) is 0 Å². The predicted octanol–water partition coefficient (Wildman–Crippen LogP) is 2.48. The molecule has 0 spiro atoms. The van der Waals surface area contributed by atoms with Gasteiger partial charge in [0.1, 0.15) is 11.6 Å². The minimum Gasteiger partial charge on any atom is -0.399 e. The van der Waals surface area contributed by atoms with Gasteiger partial charge in [0.05, 0.1) is 0 Å². The Kier molecular flexibility index (Phi) is 3.75. The van der Waals surface area contributed by atoms with Gasteiger partial charge in [0.15, 0.2) is 0 Å². The summed E-state index contributed by atoms with van der Waals surface area (Å²) in [5.74, 6) is -1.34. The lowest BCUT2D eigenvalue weighted by Crippen LogP contribution is -2.23. The van der Waals surface area contributed by atoms with Gasteiger partial charge in [-0.1, -0.05) is 12.1 Å². The number of hydrogen-bond donors (Lipinski definition) is 2. The van der Waals surface area contributed by atoms with Crippen molar-refractivity contribution in [2.24, 2.45) is 0 Å². The summed E-state index contributed by atoms with van der Waals surface area (Å²) in [6.45, 7) is 0.232. The van der Waals surface area contributed by atoms with Crippen LogP contribution in [-0.4, -0.2) is 5.91 Å². The fourth-order valence-electron chi connectivity index (χ4n) is 1.63. The number of rotatable bonds is 3. The zero-order chi connectivity index (χ0) is 13.8. The number of benzene rings is 2. The van der Waals surface area contributed by atoms with Crippen LogP contribution in [0.4, 0.5) is 14.5 Å². The Morgan fingerprint density at radius 2 is 1.74 bits per heavy atom. The number of nitrogens with two attached hydrogens (primary N) is 1. The normalized spacial score (nSPS) is 10.2. The molecular formula is C14H12F2N2O. The Morgan fingerprint density at radius 1 is 1.05 bits per heavy atom. The van der Waals surface area contributed by atoms with E-state index < -0.39 is 11.7 Å². The number of hydrogen-bond acceptors (Lipinski definition) is 2. The van der Waals surface area contributed by atoms with Gasteiger partial charge in [0, 0.05) is 17.8 Å². The highest BCUT2D eigenvalue weighted by atomic mass is 19.1. The van der Waals surface area contributed by atoms with Crippen molar-refractivity contribution >= 4 is 11.6 Å². The molecule has 19 heavy (non-hydrogen) atoms. The van der Waals surface area contributed by atoms with Crippen molar-refractivity contribution in [2.75, 3.05) is 5.73 Å². The monoisotopic (exact) mass is 262 g/mol. The standard InChI is InChI=1S/C14H12F2N2O/c15-11-3-1-9(2-4-11)8-18-14(19)10-5-12(16)7-13(17)6-10/h1-7H,8,17H2,(H,18,19). The Bertz CT molecular complexity index is 577. The molecule has 0 aliphatic rings. The highest BCUT2D eigenvalue weighted by Crippen LogP contribution is 2.11. The zero-order valence-electron chi connectivity index (χ0n) is 9.99. The third-order valence-electron chi connectivity index (χ3n) is 2.55. The summed E-state index contributed by atoms with van der Waals surface area (Å²) in [5, 5.41) is 2.61. The van der Waals surface area contributed by atoms with Gasteiger partial charge in [-0.25, -0.2) is 8.78 Å². The Balaban J connectivity index is 2.03. The molecule has 0 atom stereocenters. The molecule has 0 radical (unpaired) electrons. The minimum atomic E-state index is -0.563. The molecule has 5 heteroatoms. The molecule has 0 aliphatic carbocycles. The SMILES string of the molecule is Nc1cc(F)cc(C(=O)NCc2ccc(F)cc2)c1. The number of nitrogen functional groups attached to an aromatic ring is 1. The smallest absolute Gasteiger partial charge is 0.251 e. The van der Waals surface area contributed by atoms with Crippen molar-refractivity contribution in [2.45, 2.75) is 6.54 Å². The summed E-state index contributed by atoms with van der Waals surface area (Å²) in [7, 11) is 0. The van der Waals surface area contributed by atoms with Crippen molar-refractivity contribution in [1.82, 2.24) is 5.32 Å². The van der Waals surface area contributed by atoms with Crippen LogP contribution in [-0.2, 0) is 6.54 Å². The Hall–Kier alpha value is -2.43. The first kappa shape index (κ1) is 13.0. The quantitative estimate of drug-likeness (QED) is 0.835. The summed E-state index contributed by atoms with van der Waals surface area (Å²) in [6.07, 6.45) is 0. The first-order valence-electron chi connectivity index (χ1n) is 5.63. The lowest BCUT2D eigenvalue weighted by atomic mass is 10.1. The van der Waals surface area contributed by atoms with Gasteiger partial charge >= 0.3 is 0 Å². The average molecular weight is 262 g/mol. The third kappa shape index (κ3) is 3.51. The number of carbonyl (C=O) groups excluding carboxylic acids is 1. The molecule has 0 unspecified atom stereocenters. The summed E-state index contributed by atoms with van der Waals surface area (Å²) < 4.78 is 25.8. The lowest BCUT2D eigenvalue weighted by molar-refractivity contribution is 0.0950. The summed E-state index contributed by atoms with van der Waals surface area (Å²) >= 11 is 0. The van der Waals surface area contributed by atoms with Crippen LogP contribution in [0.2, 0.25) is 0 Å².